The molecule has 0 atom stereocenters. The zero-order valence-electron chi connectivity index (χ0n) is 9.22. The van der Waals surface area contributed by atoms with Crippen LogP contribution in [0.15, 0.2) is 42.5 Å². The Morgan fingerprint density at radius 2 is 1.71 bits per heavy atom. The van der Waals surface area contributed by atoms with Gasteiger partial charge in [0.15, 0.2) is 0 Å². The van der Waals surface area contributed by atoms with E-state index in [-0.39, 0.29) is 11.7 Å². The number of Topliss-reactive ketones (excluding diaryl/α,β-unsaturated/α-hetero) is 1. The van der Waals surface area contributed by atoms with Crippen LogP contribution in [0.1, 0.15) is 6.42 Å². The highest BCUT2D eigenvalue weighted by Crippen LogP contribution is 2.24. The lowest BCUT2D eigenvalue weighted by Gasteiger charge is -2.15. The van der Waals surface area contributed by atoms with Gasteiger partial charge >= 0.3 is 0 Å². The van der Waals surface area contributed by atoms with E-state index in [1.54, 1.807) is 4.90 Å². The highest BCUT2D eigenvalue weighted by molar-refractivity contribution is 6.43. The van der Waals surface area contributed by atoms with Crippen molar-refractivity contribution in [1.29, 1.82) is 0 Å². The predicted octanol–water partition coefficient (Wildman–Crippen LogP) is 2.15. The summed E-state index contributed by atoms with van der Waals surface area (Å²) in [6.07, 6.45) is 0.325. The number of anilines is 1. The fourth-order valence-corrected chi connectivity index (χ4v) is 2.16. The van der Waals surface area contributed by atoms with Crippen LogP contribution in [0.25, 0.3) is 10.8 Å². The molecule has 2 aromatic carbocycles. The molecule has 84 valence electrons. The Morgan fingerprint density at radius 3 is 2.41 bits per heavy atom. The molecule has 17 heavy (non-hydrogen) atoms. The minimum Gasteiger partial charge on any atom is -0.305 e. The van der Waals surface area contributed by atoms with Crippen molar-refractivity contribution in [3.63, 3.8) is 0 Å². The number of carbonyl (C=O) groups is 2. The maximum atomic E-state index is 11.6. The van der Waals surface area contributed by atoms with Crippen molar-refractivity contribution in [2.45, 2.75) is 6.42 Å². The fraction of sp³-hybridized carbons (Fsp3) is 0.143. The van der Waals surface area contributed by atoms with Crippen LogP contribution < -0.4 is 4.90 Å². The van der Waals surface area contributed by atoms with E-state index in [4.69, 9.17) is 0 Å². The van der Waals surface area contributed by atoms with Gasteiger partial charge in [-0.15, -0.1) is 0 Å². The molecular formula is C14H11NO2. The number of hydrogen-bond acceptors (Lipinski definition) is 2. The molecule has 1 aliphatic rings. The van der Waals surface area contributed by atoms with Gasteiger partial charge in [0.05, 0.1) is 0 Å². The highest BCUT2D eigenvalue weighted by atomic mass is 16.2. The average molecular weight is 225 g/mol. The molecule has 0 spiro atoms. The molecule has 2 aromatic rings. The van der Waals surface area contributed by atoms with Crippen molar-refractivity contribution in [3.05, 3.63) is 42.5 Å². The number of fused-ring (bicyclic) bond motifs is 1. The van der Waals surface area contributed by atoms with Crippen LogP contribution in [-0.4, -0.2) is 18.2 Å². The fourth-order valence-electron chi connectivity index (χ4n) is 2.16. The van der Waals surface area contributed by atoms with Crippen molar-refractivity contribution in [2.24, 2.45) is 0 Å². The van der Waals surface area contributed by atoms with Crippen molar-refractivity contribution < 1.29 is 9.59 Å². The summed E-state index contributed by atoms with van der Waals surface area (Å²) in [5.41, 5.74) is 0.805. The van der Waals surface area contributed by atoms with Crippen LogP contribution in [0.3, 0.4) is 0 Å². The Labute approximate surface area is 98.6 Å². The van der Waals surface area contributed by atoms with Crippen LogP contribution in [-0.2, 0) is 9.59 Å². The van der Waals surface area contributed by atoms with Gasteiger partial charge in [0.2, 0.25) is 5.78 Å². The Bertz CT molecular complexity index is 618. The van der Waals surface area contributed by atoms with E-state index in [1.807, 2.05) is 42.5 Å². The molecule has 0 unspecified atom stereocenters. The number of rotatable bonds is 1. The van der Waals surface area contributed by atoms with Crippen LogP contribution >= 0.6 is 0 Å². The van der Waals surface area contributed by atoms with Gasteiger partial charge in [-0.1, -0.05) is 30.3 Å². The third-order valence-corrected chi connectivity index (χ3v) is 3.09. The van der Waals surface area contributed by atoms with Gasteiger partial charge in [0.25, 0.3) is 5.91 Å². The lowest BCUT2D eigenvalue weighted by Crippen LogP contribution is -2.26. The summed E-state index contributed by atoms with van der Waals surface area (Å²) in [5, 5.41) is 2.21. The minimum atomic E-state index is -0.389. The van der Waals surface area contributed by atoms with Crippen LogP contribution in [0.5, 0.6) is 0 Å². The quantitative estimate of drug-likeness (QED) is 0.697. The van der Waals surface area contributed by atoms with E-state index >= 15 is 0 Å². The summed E-state index contributed by atoms with van der Waals surface area (Å²) in [7, 11) is 0. The van der Waals surface area contributed by atoms with Crippen molar-refractivity contribution in [2.75, 3.05) is 11.4 Å². The first-order valence-electron chi connectivity index (χ1n) is 5.59. The standard InChI is InChI=1S/C14H11NO2/c16-13-7-8-15(14(13)17)12-6-5-10-3-1-2-4-11(10)9-12/h1-6,9H,7-8H2. The second-order valence-corrected chi connectivity index (χ2v) is 4.16. The summed E-state index contributed by atoms with van der Waals surface area (Å²) in [6, 6.07) is 13.8. The third-order valence-electron chi connectivity index (χ3n) is 3.09. The van der Waals surface area contributed by atoms with E-state index in [2.05, 4.69) is 0 Å². The van der Waals surface area contributed by atoms with Crippen molar-refractivity contribution in [3.8, 4) is 0 Å². The summed E-state index contributed by atoms with van der Waals surface area (Å²) in [4.78, 5) is 24.4. The average Bonchev–Trinajstić information content (AvgIpc) is 2.70. The molecule has 0 saturated carbocycles. The number of carbonyl (C=O) groups excluding carboxylic acids is 2. The molecule has 0 N–H and O–H groups in total. The summed E-state index contributed by atoms with van der Waals surface area (Å²) >= 11 is 0. The van der Waals surface area contributed by atoms with Crippen LogP contribution in [0.4, 0.5) is 5.69 Å². The number of hydrogen-bond donors (Lipinski definition) is 0. The summed E-state index contributed by atoms with van der Waals surface area (Å²) in [6.45, 7) is 0.496. The zero-order valence-corrected chi connectivity index (χ0v) is 9.22. The second kappa shape index (κ2) is 3.70. The number of nitrogens with zero attached hydrogens (tertiary/aromatic N) is 1. The summed E-state index contributed by atoms with van der Waals surface area (Å²) in [5.74, 6) is -0.682. The summed E-state index contributed by atoms with van der Waals surface area (Å²) < 4.78 is 0. The topological polar surface area (TPSA) is 37.4 Å². The van der Waals surface area contributed by atoms with Gasteiger partial charge in [0.1, 0.15) is 0 Å². The molecule has 3 heteroatoms. The molecule has 0 bridgehead atoms. The van der Waals surface area contributed by atoms with Gasteiger partial charge in [-0.2, -0.15) is 0 Å². The lowest BCUT2D eigenvalue weighted by atomic mass is 10.1. The van der Waals surface area contributed by atoms with Gasteiger partial charge in [-0.3, -0.25) is 9.59 Å². The van der Waals surface area contributed by atoms with Gasteiger partial charge in [0, 0.05) is 18.7 Å². The SMILES string of the molecule is O=C1CCN(c2ccc3ccccc3c2)C1=O. The van der Waals surface area contributed by atoms with E-state index in [1.165, 1.54) is 0 Å². The molecule has 1 fully saturated rings. The van der Waals surface area contributed by atoms with E-state index < -0.39 is 0 Å². The Morgan fingerprint density at radius 1 is 0.941 bits per heavy atom. The predicted molar refractivity (Wildman–Crippen MR) is 65.9 cm³/mol. The molecule has 1 amide bonds. The van der Waals surface area contributed by atoms with E-state index in [0.717, 1.165) is 16.5 Å². The van der Waals surface area contributed by atoms with Crippen molar-refractivity contribution >= 4 is 28.2 Å². The molecule has 1 aliphatic heterocycles. The first-order valence-corrected chi connectivity index (χ1v) is 5.59. The normalized spacial score (nSPS) is 15.9. The molecule has 3 rings (SSSR count). The van der Waals surface area contributed by atoms with Gasteiger partial charge in [-0.05, 0) is 22.9 Å². The molecule has 3 nitrogen and oxygen atoms in total. The Balaban J connectivity index is 2.07. The molecular weight excluding hydrogens is 214 g/mol. The Kier molecular flexibility index (Phi) is 2.18. The number of benzene rings is 2. The molecule has 0 radical (unpaired) electrons. The zero-order chi connectivity index (χ0) is 11.8. The maximum absolute atomic E-state index is 11.6. The van der Waals surface area contributed by atoms with Gasteiger partial charge in [-0.25, -0.2) is 0 Å². The monoisotopic (exact) mass is 225 g/mol. The largest absolute Gasteiger partial charge is 0.305 e. The Hall–Kier alpha value is -2.16. The smallest absolute Gasteiger partial charge is 0.294 e. The molecule has 1 heterocycles. The number of amides is 1. The molecule has 1 saturated heterocycles. The third kappa shape index (κ3) is 1.60. The highest BCUT2D eigenvalue weighted by Gasteiger charge is 2.30. The second-order valence-electron chi connectivity index (χ2n) is 4.16. The van der Waals surface area contributed by atoms with E-state index in [9.17, 15) is 9.59 Å². The van der Waals surface area contributed by atoms with Crippen LogP contribution in [0.2, 0.25) is 0 Å². The van der Waals surface area contributed by atoms with Crippen LogP contribution in [0, 0.1) is 0 Å². The molecule has 0 aliphatic carbocycles. The lowest BCUT2D eigenvalue weighted by molar-refractivity contribution is -0.133. The first-order chi connectivity index (χ1) is 8.25. The minimum absolute atomic E-state index is 0.293. The van der Waals surface area contributed by atoms with Crippen molar-refractivity contribution in [1.82, 2.24) is 0 Å². The first kappa shape index (κ1) is 10.0. The molecule has 0 aromatic heterocycles. The number of ketones is 1. The van der Waals surface area contributed by atoms with Gasteiger partial charge < -0.3 is 4.90 Å². The van der Waals surface area contributed by atoms with E-state index in [0.29, 0.717) is 13.0 Å². The maximum Gasteiger partial charge on any atom is 0.294 e.